The van der Waals surface area contributed by atoms with E-state index in [1.54, 1.807) is 0 Å². The molecule has 1 fully saturated rings. The fraction of sp³-hybridized carbons (Fsp3) is 0.955. The van der Waals surface area contributed by atoms with Gasteiger partial charge in [0.25, 0.3) is 0 Å². The summed E-state index contributed by atoms with van der Waals surface area (Å²) in [7, 11) is -4.11. The molecule has 3 unspecified atom stereocenters. The van der Waals surface area contributed by atoms with Gasteiger partial charge >= 0.3 is 13.9 Å². The second-order valence-electron chi connectivity index (χ2n) is 9.07. The van der Waals surface area contributed by atoms with Gasteiger partial charge in [0.1, 0.15) is 11.7 Å². The number of unbranched alkanes of at least 4 members (excludes halogenated alkanes) is 3. The fourth-order valence-electron chi connectivity index (χ4n) is 2.98. The highest BCUT2D eigenvalue weighted by molar-refractivity contribution is 7.47. The van der Waals surface area contributed by atoms with Crippen LogP contribution < -0.4 is 5.32 Å². The summed E-state index contributed by atoms with van der Waals surface area (Å²) in [6.07, 6.45) is 5.76. The van der Waals surface area contributed by atoms with Crippen LogP contribution in [0.2, 0.25) is 0 Å². The van der Waals surface area contributed by atoms with Gasteiger partial charge in [-0.15, -0.1) is 0 Å². The highest BCUT2D eigenvalue weighted by atomic mass is 31.2. The minimum atomic E-state index is -4.11. The molecule has 0 aromatic heterocycles. The molecule has 0 spiro atoms. The molecule has 10 nitrogen and oxygen atoms in total. The Kier molecular flexibility index (Phi) is 15.4. The number of amides is 1. The third-order valence-electron chi connectivity index (χ3n) is 4.55. The lowest BCUT2D eigenvalue weighted by Gasteiger charge is -2.28. The highest BCUT2D eigenvalue weighted by Crippen LogP contribution is 2.43. The van der Waals surface area contributed by atoms with Gasteiger partial charge in [-0.3, -0.25) is 9.05 Å². The minimum absolute atomic E-state index is 0.117. The Bertz CT molecular complexity index is 565. The van der Waals surface area contributed by atoms with E-state index in [4.69, 9.17) is 28.0 Å². The van der Waals surface area contributed by atoms with Crippen molar-refractivity contribution in [1.29, 1.82) is 0 Å². The van der Waals surface area contributed by atoms with Crippen LogP contribution in [0.25, 0.3) is 0 Å². The Morgan fingerprint density at radius 2 is 1.88 bits per heavy atom. The number of phosphoric ester groups is 1. The van der Waals surface area contributed by atoms with Crippen LogP contribution in [0, 0.1) is 0 Å². The van der Waals surface area contributed by atoms with Crippen molar-refractivity contribution in [2.45, 2.75) is 97.1 Å². The molecule has 1 aliphatic rings. The standard InChI is InChI=1S/C22H44NO9P/c1-5-14-29-33(25,26)30-18-19(31-20-12-8-11-16-28-20)17-27-15-10-7-6-9-13-23-21(24)32-22(2,3)4/h19-20H,5-18H2,1-4H3,(H,23,24)(H,25,26). The molecule has 1 saturated heterocycles. The fourth-order valence-corrected chi connectivity index (χ4v) is 3.83. The molecule has 2 N–H and O–H groups in total. The van der Waals surface area contributed by atoms with Crippen LogP contribution >= 0.6 is 7.82 Å². The topological polar surface area (TPSA) is 122 Å². The minimum Gasteiger partial charge on any atom is -0.444 e. The number of hydrogen-bond donors (Lipinski definition) is 2. The molecule has 0 aliphatic carbocycles. The molecule has 1 amide bonds. The van der Waals surface area contributed by atoms with Gasteiger partial charge in [-0.2, -0.15) is 0 Å². The second kappa shape index (κ2) is 16.8. The molecule has 0 radical (unpaired) electrons. The maximum Gasteiger partial charge on any atom is 0.472 e. The zero-order chi connectivity index (χ0) is 24.6. The summed E-state index contributed by atoms with van der Waals surface area (Å²) >= 11 is 0. The first-order valence-electron chi connectivity index (χ1n) is 12.0. The number of alkyl carbamates (subject to hydrolysis) is 1. The second-order valence-corrected chi connectivity index (χ2v) is 10.5. The molecule has 33 heavy (non-hydrogen) atoms. The van der Waals surface area contributed by atoms with E-state index in [0.717, 1.165) is 44.9 Å². The molecular formula is C22H44NO9P. The zero-order valence-corrected chi connectivity index (χ0v) is 21.6. The average molecular weight is 498 g/mol. The van der Waals surface area contributed by atoms with E-state index in [1.807, 2.05) is 27.7 Å². The molecule has 1 rings (SSSR count). The van der Waals surface area contributed by atoms with Gasteiger partial charge in [-0.25, -0.2) is 9.36 Å². The number of ether oxygens (including phenoxy) is 4. The molecule has 11 heteroatoms. The van der Waals surface area contributed by atoms with Gasteiger partial charge in [0.2, 0.25) is 0 Å². The Morgan fingerprint density at radius 3 is 2.55 bits per heavy atom. The van der Waals surface area contributed by atoms with Crippen LogP contribution in [0.3, 0.4) is 0 Å². The van der Waals surface area contributed by atoms with Gasteiger partial charge in [-0.1, -0.05) is 19.8 Å². The smallest absolute Gasteiger partial charge is 0.444 e. The molecular weight excluding hydrogens is 453 g/mol. The van der Waals surface area contributed by atoms with Gasteiger partial charge < -0.3 is 29.2 Å². The van der Waals surface area contributed by atoms with E-state index in [0.29, 0.717) is 26.2 Å². The molecule has 0 bridgehead atoms. The van der Waals surface area contributed by atoms with Gasteiger partial charge in [0.05, 0.1) is 19.8 Å². The van der Waals surface area contributed by atoms with Crippen LogP contribution in [0.5, 0.6) is 0 Å². The first kappa shape index (κ1) is 30.3. The first-order chi connectivity index (χ1) is 15.6. The first-order valence-corrected chi connectivity index (χ1v) is 13.5. The van der Waals surface area contributed by atoms with Crippen LogP contribution in [0.4, 0.5) is 4.79 Å². The summed E-state index contributed by atoms with van der Waals surface area (Å²) in [4.78, 5) is 21.3. The van der Waals surface area contributed by atoms with Crippen molar-refractivity contribution in [3.8, 4) is 0 Å². The van der Waals surface area contributed by atoms with Crippen LogP contribution in [0.1, 0.15) is 79.1 Å². The van der Waals surface area contributed by atoms with Crippen molar-refractivity contribution in [1.82, 2.24) is 5.32 Å². The molecule has 196 valence electrons. The van der Waals surface area contributed by atoms with Crippen molar-refractivity contribution in [3.63, 3.8) is 0 Å². The zero-order valence-electron chi connectivity index (χ0n) is 20.7. The number of rotatable bonds is 17. The molecule has 0 saturated carbocycles. The average Bonchev–Trinajstić information content (AvgIpc) is 2.74. The van der Waals surface area contributed by atoms with Gasteiger partial charge in [-0.05, 0) is 59.3 Å². The summed E-state index contributed by atoms with van der Waals surface area (Å²) < 4.78 is 44.3. The lowest BCUT2D eigenvalue weighted by atomic mass is 10.2. The summed E-state index contributed by atoms with van der Waals surface area (Å²) in [5, 5.41) is 2.75. The van der Waals surface area contributed by atoms with E-state index in [9.17, 15) is 14.3 Å². The predicted molar refractivity (Wildman–Crippen MR) is 124 cm³/mol. The lowest BCUT2D eigenvalue weighted by Crippen LogP contribution is -2.33. The Balaban J connectivity index is 2.21. The quantitative estimate of drug-likeness (QED) is 0.220. The van der Waals surface area contributed by atoms with E-state index in [1.165, 1.54) is 0 Å². The molecule has 3 atom stereocenters. The third-order valence-corrected chi connectivity index (χ3v) is 5.54. The Labute approximate surface area is 198 Å². The van der Waals surface area contributed by atoms with E-state index in [-0.39, 0.29) is 26.1 Å². The number of phosphoric acid groups is 1. The van der Waals surface area contributed by atoms with Crippen molar-refractivity contribution >= 4 is 13.9 Å². The normalized spacial score (nSPS) is 19.6. The molecule has 0 aromatic carbocycles. The van der Waals surface area contributed by atoms with E-state index >= 15 is 0 Å². The van der Waals surface area contributed by atoms with Crippen molar-refractivity contribution in [2.75, 3.05) is 39.6 Å². The highest BCUT2D eigenvalue weighted by Gasteiger charge is 2.26. The van der Waals surface area contributed by atoms with Crippen molar-refractivity contribution < 1.29 is 42.2 Å². The molecule has 0 aromatic rings. The van der Waals surface area contributed by atoms with Crippen LogP contribution in [-0.4, -0.2) is 68.6 Å². The summed E-state index contributed by atoms with van der Waals surface area (Å²) in [6.45, 7) is 9.35. The predicted octanol–water partition coefficient (Wildman–Crippen LogP) is 4.54. The number of hydrogen-bond acceptors (Lipinski definition) is 8. The lowest BCUT2D eigenvalue weighted by molar-refractivity contribution is -0.203. The van der Waals surface area contributed by atoms with Gasteiger partial charge in [0.15, 0.2) is 6.29 Å². The molecule has 1 heterocycles. The summed E-state index contributed by atoms with van der Waals surface area (Å²) in [5.74, 6) is 0. The van der Waals surface area contributed by atoms with E-state index < -0.39 is 25.6 Å². The number of carbonyl (C=O) groups excluding carboxylic acids is 1. The Morgan fingerprint density at radius 1 is 1.12 bits per heavy atom. The van der Waals surface area contributed by atoms with Crippen LogP contribution in [0.15, 0.2) is 0 Å². The van der Waals surface area contributed by atoms with Crippen LogP contribution in [-0.2, 0) is 32.6 Å². The largest absolute Gasteiger partial charge is 0.472 e. The monoisotopic (exact) mass is 497 g/mol. The summed E-state index contributed by atoms with van der Waals surface area (Å²) in [6, 6.07) is 0. The number of nitrogens with one attached hydrogen (secondary N) is 1. The van der Waals surface area contributed by atoms with Crippen molar-refractivity contribution in [3.05, 3.63) is 0 Å². The van der Waals surface area contributed by atoms with Crippen molar-refractivity contribution in [2.24, 2.45) is 0 Å². The Hall–Kier alpha value is -0.740. The SMILES string of the molecule is CCCOP(=O)(O)OCC(COCCCCCCNC(=O)OC(C)(C)C)OC1CCCCO1. The third kappa shape index (κ3) is 17.4. The van der Waals surface area contributed by atoms with Gasteiger partial charge in [0, 0.05) is 19.8 Å². The number of carbonyl (C=O) groups is 1. The molecule has 1 aliphatic heterocycles. The maximum atomic E-state index is 11.9. The summed E-state index contributed by atoms with van der Waals surface area (Å²) in [5.41, 5.74) is -0.492. The maximum absolute atomic E-state index is 11.9. The van der Waals surface area contributed by atoms with E-state index in [2.05, 4.69) is 5.32 Å².